The molecule has 4 aromatic rings. The highest BCUT2D eigenvalue weighted by molar-refractivity contribution is 6.04. The zero-order valence-electron chi connectivity index (χ0n) is 25.8. The van der Waals surface area contributed by atoms with Gasteiger partial charge < -0.3 is 24.2 Å². The van der Waals surface area contributed by atoms with Crippen LogP contribution in [0.1, 0.15) is 45.1 Å². The van der Waals surface area contributed by atoms with Crippen LogP contribution in [0, 0.1) is 24.0 Å². The monoisotopic (exact) mass is 617 g/mol. The standard InChI is InChI=1S/C32H31F2N5O4.C2H6/c1-3-21-23(33)7-6-19-16-20(40)17-22(24(19)21)27-26(34)28-25(30(35-27)41-2)29(38-12-14-42-15-13-38)37-31(36-28)43-18-32-8-4-10-39(32)11-5-9-32;1-2/h1,6-7,16-17,40H,4-5,8-15,18H2,2H3;1-2H3. The Bertz CT molecular complexity index is 1780. The number of phenols is 1. The Balaban J connectivity index is 0.00000175. The predicted molar refractivity (Wildman–Crippen MR) is 169 cm³/mol. The van der Waals surface area contributed by atoms with Crippen LogP contribution in [0.5, 0.6) is 17.6 Å². The molecular weight excluding hydrogens is 580 g/mol. The maximum atomic E-state index is 16.8. The number of methoxy groups -OCH3 is 1. The van der Waals surface area contributed by atoms with Gasteiger partial charge in [-0.25, -0.2) is 13.8 Å². The topological polar surface area (TPSA) is 93.1 Å². The Morgan fingerprint density at radius 3 is 2.44 bits per heavy atom. The zero-order valence-corrected chi connectivity index (χ0v) is 25.8. The molecule has 0 radical (unpaired) electrons. The first kappa shape index (κ1) is 30.7. The third-order valence-electron chi connectivity index (χ3n) is 8.95. The van der Waals surface area contributed by atoms with Gasteiger partial charge in [0.15, 0.2) is 5.82 Å². The lowest BCUT2D eigenvalue weighted by Crippen LogP contribution is -2.43. The van der Waals surface area contributed by atoms with Crippen molar-refractivity contribution in [3.63, 3.8) is 0 Å². The number of hydrogen-bond acceptors (Lipinski definition) is 9. The molecule has 0 saturated carbocycles. The van der Waals surface area contributed by atoms with Gasteiger partial charge in [0.2, 0.25) is 5.88 Å². The molecule has 45 heavy (non-hydrogen) atoms. The van der Waals surface area contributed by atoms with Gasteiger partial charge in [-0.05, 0) is 62.4 Å². The Morgan fingerprint density at radius 1 is 1.02 bits per heavy atom. The summed E-state index contributed by atoms with van der Waals surface area (Å²) in [5.74, 6) is 1.28. The lowest BCUT2D eigenvalue weighted by atomic mass is 9.95. The first-order chi connectivity index (χ1) is 21.9. The number of rotatable bonds is 6. The van der Waals surface area contributed by atoms with E-state index in [0.717, 1.165) is 38.8 Å². The van der Waals surface area contributed by atoms with Gasteiger partial charge in [0.25, 0.3) is 0 Å². The summed E-state index contributed by atoms with van der Waals surface area (Å²) in [7, 11) is 1.43. The fourth-order valence-electron chi connectivity index (χ4n) is 6.91. The van der Waals surface area contributed by atoms with Crippen molar-refractivity contribution >= 4 is 27.5 Å². The van der Waals surface area contributed by atoms with Crippen LogP contribution in [0.15, 0.2) is 24.3 Å². The van der Waals surface area contributed by atoms with E-state index < -0.39 is 11.6 Å². The minimum absolute atomic E-state index is 0.0522. The van der Waals surface area contributed by atoms with Crippen molar-refractivity contribution in [2.75, 3.05) is 58.0 Å². The number of pyridine rings is 1. The van der Waals surface area contributed by atoms with E-state index in [-0.39, 0.29) is 56.3 Å². The highest BCUT2D eigenvalue weighted by Crippen LogP contribution is 2.43. The number of ether oxygens (including phenoxy) is 3. The molecule has 3 aliphatic heterocycles. The molecule has 2 aromatic carbocycles. The number of benzene rings is 2. The number of anilines is 1. The molecule has 0 atom stereocenters. The van der Waals surface area contributed by atoms with Crippen LogP contribution in [0.3, 0.4) is 0 Å². The van der Waals surface area contributed by atoms with E-state index in [4.69, 9.17) is 25.6 Å². The van der Waals surface area contributed by atoms with Crippen LogP contribution in [0.2, 0.25) is 0 Å². The van der Waals surface area contributed by atoms with Crippen LogP contribution < -0.4 is 14.4 Å². The quantitative estimate of drug-likeness (QED) is 0.274. The highest BCUT2D eigenvalue weighted by atomic mass is 19.1. The summed E-state index contributed by atoms with van der Waals surface area (Å²) >= 11 is 0. The van der Waals surface area contributed by atoms with Crippen molar-refractivity contribution in [2.45, 2.75) is 45.1 Å². The lowest BCUT2D eigenvalue weighted by molar-refractivity contribution is 0.107. The first-order valence-corrected chi connectivity index (χ1v) is 15.5. The maximum Gasteiger partial charge on any atom is 0.319 e. The van der Waals surface area contributed by atoms with Crippen LogP contribution >= 0.6 is 0 Å². The van der Waals surface area contributed by atoms with Gasteiger partial charge in [0, 0.05) is 24.0 Å². The van der Waals surface area contributed by atoms with Crippen molar-refractivity contribution in [2.24, 2.45) is 0 Å². The van der Waals surface area contributed by atoms with Crippen LogP contribution in [-0.4, -0.2) is 83.6 Å². The Morgan fingerprint density at radius 2 is 1.76 bits per heavy atom. The third-order valence-corrected chi connectivity index (χ3v) is 8.95. The van der Waals surface area contributed by atoms with Gasteiger partial charge in [-0.3, -0.25) is 4.90 Å². The summed E-state index contributed by atoms with van der Waals surface area (Å²) in [6, 6.07) is 5.50. The van der Waals surface area contributed by atoms with Crippen molar-refractivity contribution in [1.29, 1.82) is 0 Å². The summed E-state index contributed by atoms with van der Waals surface area (Å²) in [5, 5.41) is 11.5. The zero-order chi connectivity index (χ0) is 31.7. The van der Waals surface area contributed by atoms with E-state index in [2.05, 4.69) is 20.8 Å². The number of morpholine rings is 1. The molecular formula is C34H37F2N5O4. The first-order valence-electron chi connectivity index (χ1n) is 15.5. The van der Waals surface area contributed by atoms with Crippen LogP contribution in [-0.2, 0) is 4.74 Å². The normalized spacial score (nSPS) is 17.6. The number of halogens is 2. The summed E-state index contributed by atoms with van der Waals surface area (Å²) in [6.45, 7) is 8.49. The summed E-state index contributed by atoms with van der Waals surface area (Å²) in [6.07, 6.45) is 9.97. The SMILES string of the molecule is C#Cc1c(F)ccc2cc(O)cc(-c3nc(OC)c4c(N5CCOCC5)nc(OCC56CCCN5CCC6)nc4c3F)c12.CC. The molecule has 7 rings (SSSR count). The number of aromatic nitrogens is 3. The predicted octanol–water partition coefficient (Wildman–Crippen LogP) is 5.69. The van der Waals surface area contributed by atoms with Gasteiger partial charge in [-0.15, -0.1) is 6.42 Å². The van der Waals surface area contributed by atoms with E-state index in [1.165, 1.54) is 31.4 Å². The largest absolute Gasteiger partial charge is 0.508 e. The number of aromatic hydroxyl groups is 1. The number of hydrogen-bond donors (Lipinski definition) is 1. The molecule has 5 heterocycles. The molecule has 2 aromatic heterocycles. The molecule has 0 spiro atoms. The molecule has 1 N–H and O–H groups in total. The number of terminal acetylenes is 1. The molecule has 0 bridgehead atoms. The van der Waals surface area contributed by atoms with Crippen LogP contribution in [0.25, 0.3) is 32.9 Å². The Hall–Kier alpha value is -4.27. The Kier molecular flexibility index (Phi) is 8.62. The third kappa shape index (κ3) is 5.36. The van der Waals surface area contributed by atoms with Crippen LogP contribution in [0.4, 0.5) is 14.6 Å². The molecule has 3 aliphatic rings. The number of phenolic OH excluding ortho intramolecular Hbond substituents is 1. The minimum Gasteiger partial charge on any atom is -0.508 e. The molecule has 3 fully saturated rings. The van der Waals surface area contributed by atoms with Crippen molar-refractivity contribution in [3.8, 4) is 41.2 Å². The fraction of sp³-hybridized carbons (Fsp3) is 0.441. The minimum atomic E-state index is -0.793. The second-order valence-corrected chi connectivity index (χ2v) is 11.3. The van der Waals surface area contributed by atoms with Crippen molar-refractivity contribution in [3.05, 3.63) is 41.5 Å². The van der Waals surface area contributed by atoms with E-state index in [1.807, 2.05) is 18.7 Å². The van der Waals surface area contributed by atoms with E-state index in [9.17, 15) is 9.50 Å². The number of nitrogens with zero attached hydrogens (tertiary/aromatic N) is 5. The van der Waals surface area contributed by atoms with E-state index in [1.54, 1.807) is 0 Å². The summed E-state index contributed by atoms with van der Waals surface area (Å²) in [5.41, 5.74) is -0.268. The summed E-state index contributed by atoms with van der Waals surface area (Å²) < 4.78 is 49.2. The van der Waals surface area contributed by atoms with Gasteiger partial charge in [0.05, 0.1) is 31.4 Å². The highest BCUT2D eigenvalue weighted by Gasteiger charge is 2.45. The molecule has 9 nitrogen and oxygen atoms in total. The van der Waals surface area contributed by atoms with Gasteiger partial charge >= 0.3 is 6.01 Å². The van der Waals surface area contributed by atoms with Gasteiger partial charge in [-0.2, -0.15) is 9.97 Å². The molecule has 3 saturated heterocycles. The second kappa shape index (κ2) is 12.6. The number of fused-ring (bicyclic) bond motifs is 3. The smallest absolute Gasteiger partial charge is 0.319 e. The Labute approximate surface area is 261 Å². The fourth-order valence-corrected chi connectivity index (χ4v) is 6.91. The van der Waals surface area contributed by atoms with Gasteiger partial charge in [-0.1, -0.05) is 25.8 Å². The average molecular weight is 618 g/mol. The summed E-state index contributed by atoms with van der Waals surface area (Å²) in [4.78, 5) is 18.3. The van der Waals surface area contributed by atoms with Crippen molar-refractivity contribution in [1.82, 2.24) is 19.9 Å². The van der Waals surface area contributed by atoms with Gasteiger partial charge in [0.1, 0.15) is 40.6 Å². The average Bonchev–Trinajstić information content (AvgIpc) is 3.66. The van der Waals surface area contributed by atoms with E-state index in [0.29, 0.717) is 44.1 Å². The molecule has 0 unspecified atom stereocenters. The van der Waals surface area contributed by atoms with Crippen molar-refractivity contribution < 1.29 is 28.1 Å². The molecule has 0 aliphatic carbocycles. The molecule has 0 amide bonds. The maximum absolute atomic E-state index is 16.8. The molecule has 236 valence electrons. The second-order valence-electron chi connectivity index (χ2n) is 11.3. The lowest BCUT2D eigenvalue weighted by Gasteiger charge is -2.32. The van der Waals surface area contributed by atoms with E-state index >= 15 is 4.39 Å². The molecule has 11 heteroatoms.